The van der Waals surface area contributed by atoms with Crippen LogP contribution in [0.2, 0.25) is 0 Å². The second kappa shape index (κ2) is 10.9. The Balaban J connectivity index is 1.81. The van der Waals surface area contributed by atoms with E-state index in [1.807, 2.05) is 0 Å². The Kier molecular flexibility index (Phi) is 7.85. The number of phenolic OH excluding ortho intramolecular Hbond substituents is 1. The van der Waals surface area contributed by atoms with E-state index >= 15 is 0 Å². The molecule has 0 bridgehead atoms. The van der Waals surface area contributed by atoms with Gasteiger partial charge in [-0.05, 0) is 17.7 Å². The van der Waals surface area contributed by atoms with E-state index in [1.54, 1.807) is 12.1 Å². The van der Waals surface area contributed by atoms with Crippen molar-refractivity contribution in [2.24, 2.45) is 0 Å². The number of aliphatic hydroxyl groups excluding tert-OH is 4. The Morgan fingerprint density at radius 1 is 0.842 bits per heavy atom. The van der Waals surface area contributed by atoms with Crippen LogP contribution in [0.5, 0.6) is 34.5 Å². The molecule has 0 aliphatic carbocycles. The molecule has 5 atom stereocenters. The number of aromatic hydroxyl groups is 1. The molecule has 13 nitrogen and oxygen atoms in total. The minimum Gasteiger partial charge on any atom is -0.504 e. The Morgan fingerprint density at radius 2 is 1.47 bits per heavy atom. The van der Waals surface area contributed by atoms with Gasteiger partial charge in [-0.2, -0.15) is 0 Å². The third kappa shape index (κ3) is 4.54. The Labute approximate surface area is 215 Å². The van der Waals surface area contributed by atoms with E-state index in [1.165, 1.54) is 40.8 Å². The van der Waals surface area contributed by atoms with E-state index in [0.717, 1.165) is 0 Å². The molecule has 1 aliphatic heterocycles. The molecular formula is C25H28O13. The van der Waals surface area contributed by atoms with E-state index < -0.39 is 48.5 Å². The van der Waals surface area contributed by atoms with Gasteiger partial charge >= 0.3 is 0 Å². The summed E-state index contributed by atoms with van der Waals surface area (Å²) >= 11 is 0. The van der Waals surface area contributed by atoms with Crippen LogP contribution in [-0.4, -0.2) is 91.3 Å². The maximum absolute atomic E-state index is 13.5. The monoisotopic (exact) mass is 536 g/mol. The summed E-state index contributed by atoms with van der Waals surface area (Å²) in [6.07, 6.45) is -6.61. The quantitative estimate of drug-likeness (QED) is 0.266. The lowest BCUT2D eigenvalue weighted by atomic mass is 9.99. The Bertz CT molecular complexity index is 1340. The summed E-state index contributed by atoms with van der Waals surface area (Å²) in [5.74, 6) is -0.191. The van der Waals surface area contributed by atoms with Crippen molar-refractivity contribution in [2.75, 3.05) is 35.0 Å². The van der Waals surface area contributed by atoms with Gasteiger partial charge in [0.25, 0.3) is 0 Å². The normalized spacial score (nSPS) is 23.2. The van der Waals surface area contributed by atoms with Crippen molar-refractivity contribution in [1.82, 2.24) is 0 Å². The molecule has 13 heteroatoms. The Hall–Kier alpha value is -3.75. The molecular weight excluding hydrogens is 508 g/mol. The number of rotatable bonds is 8. The molecule has 5 unspecified atom stereocenters. The van der Waals surface area contributed by atoms with Crippen molar-refractivity contribution >= 4 is 11.0 Å². The SMILES string of the molecule is COc1cc(-c2coc3cc(OC4OC(CO)C(O)C(O)C4O)c(OC)c(O)c3c2=O)cc(OC)c1OC. The van der Waals surface area contributed by atoms with Crippen LogP contribution >= 0.6 is 0 Å². The smallest absolute Gasteiger partial charge is 0.229 e. The van der Waals surface area contributed by atoms with Gasteiger partial charge in [-0.25, -0.2) is 0 Å². The first-order valence-corrected chi connectivity index (χ1v) is 11.3. The zero-order valence-electron chi connectivity index (χ0n) is 20.9. The van der Waals surface area contributed by atoms with Gasteiger partial charge in [0, 0.05) is 6.07 Å². The predicted molar refractivity (Wildman–Crippen MR) is 130 cm³/mol. The van der Waals surface area contributed by atoms with Gasteiger partial charge in [0.05, 0.1) is 40.6 Å². The highest BCUT2D eigenvalue weighted by atomic mass is 16.7. The van der Waals surface area contributed by atoms with Gasteiger partial charge in [0.1, 0.15) is 41.6 Å². The van der Waals surface area contributed by atoms with E-state index in [4.69, 9.17) is 32.8 Å². The van der Waals surface area contributed by atoms with Crippen molar-refractivity contribution in [2.45, 2.75) is 30.7 Å². The van der Waals surface area contributed by atoms with Crippen LogP contribution in [0.4, 0.5) is 0 Å². The second-order valence-electron chi connectivity index (χ2n) is 8.34. The van der Waals surface area contributed by atoms with Crippen LogP contribution in [0.3, 0.4) is 0 Å². The number of phenols is 1. The number of fused-ring (bicyclic) bond motifs is 1. The molecule has 1 saturated heterocycles. The zero-order valence-corrected chi connectivity index (χ0v) is 20.9. The molecule has 1 aliphatic rings. The summed E-state index contributed by atoms with van der Waals surface area (Å²) in [6.45, 7) is -0.663. The topological polar surface area (TPSA) is 187 Å². The standard InChI is InChI=1S/C25H28O13/c1-32-13-5-10(6-14(33-2)23(13)34-3)11-9-36-12-7-15(24(35-4)20(29)17(12)18(11)27)37-25-22(31)21(30)19(28)16(8-26)38-25/h5-7,9,16,19,21-22,25-26,28-31H,8H2,1-4H3. The average molecular weight is 536 g/mol. The van der Waals surface area contributed by atoms with Crippen molar-refractivity contribution in [3.63, 3.8) is 0 Å². The highest BCUT2D eigenvalue weighted by molar-refractivity contribution is 5.91. The van der Waals surface area contributed by atoms with E-state index in [9.17, 15) is 30.3 Å². The third-order valence-electron chi connectivity index (χ3n) is 6.23. The minimum atomic E-state index is -1.72. The van der Waals surface area contributed by atoms with Gasteiger partial charge in [-0.15, -0.1) is 0 Å². The lowest BCUT2D eigenvalue weighted by Gasteiger charge is -2.39. The number of hydrogen-bond donors (Lipinski definition) is 5. The highest BCUT2D eigenvalue weighted by Gasteiger charge is 2.45. The molecule has 5 N–H and O–H groups in total. The third-order valence-corrected chi connectivity index (χ3v) is 6.23. The first kappa shape index (κ1) is 27.3. The molecule has 1 fully saturated rings. The molecule has 2 aromatic carbocycles. The molecule has 38 heavy (non-hydrogen) atoms. The van der Waals surface area contributed by atoms with Gasteiger partial charge in [-0.1, -0.05) is 0 Å². The first-order valence-electron chi connectivity index (χ1n) is 11.3. The van der Waals surface area contributed by atoms with Crippen LogP contribution in [0.25, 0.3) is 22.1 Å². The number of ether oxygens (including phenoxy) is 6. The van der Waals surface area contributed by atoms with Gasteiger partial charge < -0.3 is 58.4 Å². The molecule has 0 saturated carbocycles. The van der Waals surface area contributed by atoms with Crippen molar-refractivity contribution in [3.05, 3.63) is 34.7 Å². The van der Waals surface area contributed by atoms with Gasteiger partial charge in [-0.3, -0.25) is 4.79 Å². The van der Waals surface area contributed by atoms with E-state index in [0.29, 0.717) is 22.8 Å². The van der Waals surface area contributed by atoms with E-state index in [2.05, 4.69) is 0 Å². The van der Waals surface area contributed by atoms with Crippen LogP contribution in [0.1, 0.15) is 0 Å². The van der Waals surface area contributed by atoms with Crippen LogP contribution in [0, 0.1) is 0 Å². The zero-order chi connectivity index (χ0) is 27.7. The van der Waals surface area contributed by atoms with Crippen molar-refractivity contribution in [3.8, 4) is 45.6 Å². The summed E-state index contributed by atoms with van der Waals surface area (Å²) in [7, 11) is 5.51. The largest absolute Gasteiger partial charge is 0.504 e. The molecule has 0 radical (unpaired) electrons. The minimum absolute atomic E-state index is 0.0664. The molecule has 3 aromatic rings. The molecule has 2 heterocycles. The fourth-order valence-corrected chi connectivity index (χ4v) is 4.24. The maximum Gasteiger partial charge on any atom is 0.229 e. The molecule has 0 amide bonds. The fraction of sp³-hybridized carbons (Fsp3) is 0.400. The average Bonchev–Trinajstić information content (AvgIpc) is 2.92. The lowest BCUT2D eigenvalue weighted by molar-refractivity contribution is -0.277. The number of aliphatic hydroxyl groups is 4. The van der Waals surface area contributed by atoms with Gasteiger partial charge in [0.15, 0.2) is 23.0 Å². The number of methoxy groups -OCH3 is 4. The number of hydrogen-bond acceptors (Lipinski definition) is 13. The Morgan fingerprint density at radius 3 is 2.03 bits per heavy atom. The summed E-state index contributed by atoms with van der Waals surface area (Å²) in [5.41, 5.74) is -0.285. The summed E-state index contributed by atoms with van der Waals surface area (Å²) in [4.78, 5) is 13.5. The fourth-order valence-electron chi connectivity index (χ4n) is 4.24. The molecule has 0 spiro atoms. The van der Waals surface area contributed by atoms with Crippen LogP contribution in [-0.2, 0) is 4.74 Å². The second-order valence-corrected chi connectivity index (χ2v) is 8.34. The summed E-state index contributed by atoms with van der Waals surface area (Å²) in [6, 6.07) is 4.32. The van der Waals surface area contributed by atoms with E-state index in [-0.39, 0.29) is 28.0 Å². The predicted octanol–water partition coefficient (Wildman–Crippen LogP) is 0.379. The summed E-state index contributed by atoms with van der Waals surface area (Å²) < 4.78 is 37.9. The van der Waals surface area contributed by atoms with Gasteiger partial charge in [0.2, 0.25) is 23.2 Å². The lowest BCUT2D eigenvalue weighted by Crippen LogP contribution is -2.60. The number of benzene rings is 2. The van der Waals surface area contributed by atoms with Crippen molar-refractivity contribution in [1.29, 1.82) is 0 Å². The maximum atomic E-state index is 13.5. The molecule has 1 aromatic heterocycles. The molecule has 4 rings (SSSR count). The molecule has 206 valence electrons. The highest BCUT2D eigenvalue weighted by Crippen LogP contribution is 2.44. The van der Waals surface area contributed by atoms with Crippen molar-refractivity contribution < 1.29 is 58.4 Å². The summed E-state index contributed by atoms with van der Waals surface area (Å²) in [5, 5.41) is 50.5. The van der Waals surface area contributed by atoms with Crippen LogP contribution < -0.4 is 29.1 Å². The first-order chi connectivity index (χ1) is 18.2. The van der Waals surface area contributed by atoms with Crippen LogP contribution in [0.15, 0.2) is 33.7 Å².